The second kappa shape index (κ2) is 8.14. The van der Waals surface area contributed by atoms with Crippen LogP contribution in [-0.2, 0) is 4.79 Å². The normalized spacial score (nSPS) is 24.1. The third-order valence-corrected chi connectivity index (χ3v) is 5.62. The van der Waals surface area contributed by atoms with Gasteiger partial charge in [0.2, 0.25) is 0 Å². The van der Waals surface area contributed by atoms with Gasteiger partial charge in [-0.1, -0.05) is 19.1 Å². The maximum Gasteiger partial charge on any atom is 0.344 e. The molecule has 1 aromatic carbocycles. The third kappa shape index (κ3) is 3.79. The number of allylic oxidation sites excluding steroid dienone is 1. The quantitative estimate of drug-likeness (QED) is 0.740. The van der Waals surface area contributed by atoms with Crippen molar-refractivity contribution in [2.24, 2.45) is 5.92 Å². The maximum atomic E-state index is 12.9. The van der Waals surface area contributed by atoms with Crippen molar-refractivity contribution >= 4 is 23.9 Å². The standard InChI is InChI=1S/C21H27N3O5/c1-5-6-14-11-15(12-16(28-3)17(14)29-4)18(25)23-24-19(26)21(22-20(24)27)9-7-13(2)8-10-21/h5-6,11-13H,7-10H2,1-4H3,(H,22,27)(H,23,25)/b6-5+. The highest BCUT2D eigenvalue weighted by Crippen LogP contribution is 2.36. The van der Waals surface area contributed by atoms with Crippen LogP contribution >= 0.6 is 0 Å². The number of rotatable bonds is 5. The molecule has 1 aromatic rings. The molecule has 2 aliphatic rings. The zero-order valence-electron chi connectivity index (χ0n) is 17.2. The highest BCUT2D eigenvalue weighted by Gasteiger charge is 2.52. The van der Waals surface area contributed by atoms with Crippen molar-refractivity contribution in [2.75, 3.05) is 14.2 Å². The van der Waals surface area contributed by atoms with Gasteiger partial charge in [0.15, 0.2) is 11.5 Å². The van der Waals surface area contributed by atoms with E-state index in [2.05, 4.69) is 17.7 Å². The molecule has 0 aromatic heterocycles. The molecule has 0 atom stereocenters. The summed E-state index contributed by atoms with van der Waals surface area (Å²) >= 11 is 0. The van der Waals surface area contributed by atoms with E-state index in [9.17, 15) is 14.4 Å². The van der Waals surface area contributed by atoms with Crippen LogP contribution in [-0.4, -0.2) is 42.6 Å². The average molecular weight is 401 g/mol. The number of imide groups is 1. The first-order valence-electron chi connectivity index (χ1n) is 9.71. The van der Waals surface area contributed by atoms with Gasteiger partial charge in [0.1, 0.15) is 5.54 Å². The third-order valence-electron chi connectivity index (χ3n) is 5.62. The Morgan fingerprint density at radius 3 is 2.52 bits per heavy atom. The van der Waals surface area contributed by atoms with Gasteiger partial charge in [0.05, 0.1) is 14.2 Å². The van der Waals surface area contributed by atoms with E-state index in [0.29, 0.717) is 35.8 Å². The number of hydrazine groups is 1. The molecule has 8 heteroatoms. The Kier molecular flexibility index (Phi) is 5.81. The topological polar surface area (TPSA) is 97.0 Å². The van der Waals surface area contributed by atoms with Crippen LogP contribution in [0.1, 0.15) is 55.5 Å². The second-order valence-corrected chi connectivity index (χ2v) is 7.58. The van der Waals surface area contributed by atoms with Gasteiger partial charge in [-0.25, -0.2) is 4.79 Å². The first-order chi connectivity index (χ1) is 13.8. The smallest absolute Gasteiger partial charge is 0.344 e. The molecule has 0 radical (unpaired) electrons. The second-order valence-electron chi connectivity index (χ2n) is 7.58. The molecule has 1 aliphatic heterocycles. The van der Waals surface area contributed by atoms with Crippen LogP contribution < -0.4 is 20.2 Å². The van der Waals surface area contributed by atoms with Gasteiger partial charge in [-0.15, -0.1) is 0 Å². The Morgan fingerprint density at radius 1 is 1.24 bits per heavy atom. The van der Waals surface area contributed by atoms with Crippen molar-refractivity contribution in [3.8, 4) is 11.5 Å². The van der Waals surface area contributed by atoms with Gasteiger partial charge >= 0.3 is 6.03 Å². The lowest BCUT2D eigenvalue weighted by atomic mass is 9.77. The molecule has 1 aliphatic carbocycles. The molecule has 8 nitrogen and oxygen atoms in total. The summed E-state index contributed by atoms with van der Waals surface area (Å²) in [4.78, 5) is 38.2. The largest absolute Gasteiger partial charge is 0.493 e. The van der Waals surface area contributed by atoms with Crippen molar-refractivity contribution in [1.29, 1.82) is 0 Å². The van der Waals surface area contributed by atoms with Crippen LogP contribution in [0.25, 0.3) is 6.08 Å². The monoisotopic (exact) mass is 401 g/mol. The molecule has 1 heterocycles. The summed E-state index contributed by atoms with van der Waals surface area (Å²) in [6, 6.07) is 2.53. The van der Waals surface area contributed by atoms with Gasteiger partial charge in [-0.05, 0) is 50.7 Å². The first kappa shape index (κ1) is 20.7. The van der Waals surface area contributed by atoms with Gasteiger partial charge in [-0.3, -0.25) is 15.0 Å². The molecule has 156 valence electrons. The van der Waals surface area contributed by atoms with Crippen LogP contribution in [0.5, 0.6) is 11.5 Å². The van der Waals surface area contributed by atoms with Gasteiger partial charge in [0, 0.05) is 11.1 Å². The number of benzene rings is 1. The molecule has 29 heavy (non-hydrogen) atoms. The lowest BCUT2D eigenvalue weighted by molar-refractivity contribution is -0.134. The molecule has 0 bridgehead atoms. The van der Waals surface area contributed by atoms with Crippen LogP contribution in [0.2, 0.25) is 0 Å². The van der Waals surface area contributed by atoms with Crippen LogP contribution in [0.4, 0.5) is 4.79 Å². The number of nitrogens with zero attached hydrogens (tertiary/aromatic N) is 1. The number of urea groups is 1. The highest BCUT2D eigenvalue weighted by molar-refractivity contribution is 6.09. The molecule has 3 rings (SSSR count). The van der Waals surface area contributed by atoms with Crippen molar-refractivity contribution in [1.82, 2.24) is 15.8 Å². The fourth-order valence-electron chi connectivity index (χ4n) is 3.91. The molecule has 1 spiro atoms. The van der Waals surface area contributed by atoms with E-state index < -0.39 is 23.4 Å². The summed E-state index contributed by atoms with van der Waals surface area (Å²) in [5, 5.41) is 3.58. The number of carbonyl (C=O) groups excluding carboxylic acids is 3. The number of methoxy groups -OCH3 is 2. The molecule has 0 unspecified atom stereocenters. The minimum absolute atomic E-state index is 0.245. The first-order valence-corrected chi connectivity index (χ1v) is 9.71. The Balaban J connectivity index is 1.84. The number of nitrogens with one attached hydrogen (secondary N) is 2. The van der Waals surface area contributed by atoms with E-state index in [1.54, 1.807) is 12.1 Å². The summed E-state index contributed by atoms with van der Waals surface area (Å²) in [7, 11) is 2.99. The van der Waals surface area contributed by atoms with Gasteiger partial charge < -0.3 is 14.8 Å². The highest BCUT2D eigenvalue weighted by atomic mass is 16.5. The minimum Gasteiger partial charge on any atom is -0.493 e. The minimum atomic E-state index is -0.912. The van der Waals surface area contributed by atoms with E-state index >= 15 is 0 Å². The zero-order valence-corrected chi connectivity index (χ0v) is 17.2. The summed E-state index contributed by atoms with van der Waals surface area (Å²) in [5.41, 5.74) is 2.43. The number of hydrogen-bond acceptors (Lipinski definition) is 5. The molecule has 1 saturated heterocycles. The van der Waals surface area contributed by atoms with E-state index in [4.69, 9.17) is 9.47 Å². The molecule has 2 fully saturated rings. The summed E-state index contributed by atoms with van der Waals surface area (Å²) in [5.74, 6) is 0.403. The van der Waals surface area contributed by atoms with Crippen LogP contribution in [0.15, 0.2) is 18.2 Å². The van der Waals surface area contributed by atoms with Crippen molar-refractivity contribution < 1.29 is 23.9 Å². The molecule has 4 amide bonds. The summed E-state index contributed by atoms with van der Waals surface area (Å²) in [6.45, 7) is 3.98. The number of amides is 4. The Hall–Kier alpha value is -3.03. The molecule has 2 N–H and O–H groups in total. The fraction of sp³-hybridized carbons (Fsp3) is 0.476. The van der Waals surface area contributed by atoms with Crippen molar-refractivity contribution in [3.05, 3.63) is 29.3 Å². The van der Waals surface area contributed by atoms with Crippen molar-refractivity contribution in [2.45, 2.75) is 45.1 Å². The predicted molar refractivity (Wildman–Crippen MR) is 107 cm³/mol. The number of hydrogen-bond donors (Lipinski definition) is 2. The van der Waals surface area contributed by atoms with Gasteiger partial charge in [-0.2, -0.15) is 5.01 Å². The van der Waals surface area contributed by atoms with E-state index in [0.717, 1.165) is 17.9 Å². The zero-order chi connectivity index (χ0) is 21.2. The number of ether oxygens (including phenoxy) is 2. The lowest BCUT2D eigenvalue weighted by Gasteiger charge is -2.33. The van der Waals surface area contributed by atoms with E-state index in [1.165, 1.54) is 20.3 Å². The van der Waals surface area contributed by atoms with Crippen molar-refractivity contribution in [3.63, 3.8) is 0 Å². The maximum absolute atomic E-state index is 12.9. The summed E-state index contributed by atoms with van der Waals surface area (Å²) in [6.07, 6.45) is 6.46. The Morgan fingerprint density at radius 2 is 1.93 bits per heavy atom. The Labute approximate surface area is 170 Å². The Bertz CT molecular complexity index is 856. The number of carbonyl (C=O) groups is 3. The fourth-order valence-corrected chi connectivity index (χ4v) is 3.91. The molecular weight excluding hydrogens is 374 g/mol. The lowest BCUT2D eigenvalue weighted by Crippen LogP contribution is -2.51. The molecule has 1 saturated carbocycles. The molecular formula is C21H27N3O5. The van der Waals surface area contributed by atoms with E-state index in [1.807, 2.05) is 13.0 Å². The summed E-state index contributed by atoms with van der Waals surface area (Å²) < 4.78 is 10.7. The van der Waals surface area contributed by atoms with Gasteiger partial charge in [0.25, 0.3) is 11.8 Å². The average Bonchev–Trinajstić information content (AvgIpc) is 2.94. The van der Waals surface area contributed by atoms with E-state index in [-0.39, 0.29) is 5.56 Å². The van der Waals surface area contributed by atoms with Crippen LogP contribution in [0, 0.1) is 5.92 Å². The SMILES string of the molecule is C/C=C/c1cc(C(=O)NN2C(=O)NC3(CCC(C)CC3)C2=O)cc(OC)c1OC. The predicted octanol–water partition coefficient (Wildman–Crippen LogP) is 2.88. The van der Waals surface area contributed by atoms with Crippen LogP contribution in [0.3, 0.4) is 0 Å².